The molecule has 2 atom stereocenters. The van der Waals surface area contributed by atoms with Crippen LogP contribution in [0.5, 0.6) is 5.75 Å². The lowest BCUT2D eigenvalue weighted by Crippen LogP contribution is -2.50. The van der Waals surface area contributed by atoms with Crippen LogP contribution in [0.25, 0.3) is 0 Å². The van der Waals surface area contributed by atoms with E-state index >= 15 is 0 Å². The molecule has 0 amide bonds. The van der Waals surface area contributed by atoms with Gasteiger partial charge in [0.05, 0.1) is 7.11 Å². The van der Waals surface area contributed by atoms with Gasteiger partial charge in [0, 0.05) is 49.4 Å². The molecule has 1 saturated heterocycles. The number of benzene rings is 1. The average Bonchev–Trinajstić information content (AvgIpc) is 3.44. The summed E-state index contributed by atoms with van der Waals surface area (Å²) >= 11 is 0. The number of nitrogens with zero attached hydrogens (tertiary/aromatic N) is 3. The number of rotatable bonds is 5. The van der Waals surface area contributed by atoms with Crippen LogP contribution in [0.3, 0.4) is 0 Å². The van der Waals surface area contributed by atoms with Gasteiger partial charge in [-0.1, -0.05) is 31.2 Å². The zero-order valence-corrected chi connectivity index (χ0v) is 17.6. The summed E-state index contributed by atoms with van der Waals surface area (Å²) in [5.74, 6) is 2.92. The van der Waals surface area contributed by atoms with Gasteiger partial charge in [-0.25, -0.2) is 4.98 Å². The molecule has 29 heavy (non-hydrogen) atoms. The number of para-hydroxylation sites is 1. The van der Waals surface area contributed by atoms with Crippen molar-refractivity contribution in [3.05, 3.63) is 54.2 Å². The first-order chi connectivity index (χ1) is 14.1. The van der Waals surface area contributed by atoms with Gasteiger partial charge in [0.15, 0.2) is 5.96 Å². The summed E-state index contributed by atoms with van der Waals surface area (Å²) in [4.78, 5) is 11.3. The summed E-state index contributed by atoms with van der Waals surface area (Å²) in [6, 6.07) is 15.2. The van der Waals surface area contributed by atoms with Crippen LogP contribution < -0.4 is 20.3 Å². The second-order valence-corrected chi connectivity index (χ2v) is 8.18. The third-order valence-corrected chi connectivity index (χ3v) is 6.30. The number of guanidine groups is 1. The first kappa shape index (κ1) is 19.6. The third-order valence-electron chi connectivity index (χ3n) is 6.30. The molecule has 154 valence electrons. The molecule has 4 rings (SSSR count). The molecule has 2 N–H and O–H groups in total. The number of anilines is 1. The highest BCUT2D eigenvalue weighted by molar-refractivity contribution is 5.81. The monoisotopic (exact) mass is 393 g/mol. The number of methoxy groups -OCH3 is 1. The summed E-state index contributed by atoms with van der Waals surface area (Å²) in [7, 11) is 3.59. The fourth-order valence-electron chi connectivity index (χ4n) is 4.31. The highest BCUT2D eigenvalue weighted by atomic mass is 16.5. The first-order valence-electron chi connectivity index (χ1n) is 10.4. The Morgan fingerprint density at radius 2 is 1.90 bits per heavy atom. The molecular weight excluding hydrogens is 362 g/mol. The molecule has 0 bridgehead atoms. The molecule has 1 aromatic carbocycles. The Balaban J connectivity index is 1.31. The van der Waals surface area contributed by atoms with Crippen molar-refractivity contribution in [3.8, 4) is 5.75 Å². The molecule has 2 aromatic rings. The van der Waals surface area contributed by atoms with Gasteiger partial charge < -0.3 is 20.3 Å². The molecule has 2 heterocycles. The van der Waals surface area contributed by atoms with Gasteiger partial charge in [-0.2, -0.15) is 0 Å². The van der Waals surface area contributed by atoms with Crippen LogP contribution in [0.4, 0.5) is 5.82 Å². The lowest BCUT2D eigenvalue weighted by Gasteiger charge is -2.34. The molecular formula is C23H31N5O. The quantitative estimate of drug-likeness (QED) is 0.604. The smallest absolute Gasteiger partial charge is 0.191 e. The standard InChI is InChI=1S/C23H31N5O/c1-23(18-8-4-5-9-19(18)29-3)16-20(23)27-22(24-2)26-17-11-14-28(15-12-17)21-10-6-7-13-25-21/h4-10,13,17,20H,11-12,14-16H2,1-3H3,(H2,24,26,27). The molecule has 0 spiro atoms. The van der Waals surface area contributed by atoms with E-state index in [-0.39, 0.29) is 5.41 Å². The second kappa shape index (κ2) is 8.31. The van der Waals surface area contributed by atoms with E-state index in [1.165, 1.54) is 5.56 Å². The number of hydrogen-bond donors (Lipinski definition) is 2. The predicted molar refractivity (Wildman–Crippen MR) is 118 cm³/mol. The molecule has 1 aliphatic heterocycles. The van der Waals surface area contributed by atoms with Crippen molar-refractivity contribution >= 4 is 11.8 Å². The second-order valence-electron chi connectivity index (χ2n) is 8.18. The van der Waals surface area contributed by atoms with E-state index in [0.717, 1.165) is 49.9 Å². The molecule has 6 heteroatoms. The summed E-state index contributed by atoms with van der Waals surface area (Å²) in [5.41, 5.74) is 1.34. The fraction of sp³-hybridized carbons (Fsp3) is 0.478. The number of nitrogens with one attached hydrogen (secondary N) is 2. The number of aliphatic imine (C=N–C) groups is 1. The van der Waals surface area contributed by atoms with Gasteiger partial charge in [-0.3, -0.25) is 4.99 Å². The Morgan fingerprint density at radius 1 is 1.14 bits per heavy atom. The summed E-state index contributed by atoms with van der Waals surface area (Å²) in [6.45, 7) is 4.31. The highest BCUT2D eigenvalue weighted by Crippen LogP contribution is 2.50. The van der Waals surface area contributed by atoms with Crippen molar-refractivity contribution in [2.24, 2.45) is 4.99 Å². The van der Waals surface area contributed by atoms with E-state index in [0.29, 0.717) is 12.1 Å². The topological polar surface area (TPSA) is 61.8 Å². The number of hydrogen-bond acceptors (Lipinski definition) is 4. The van der Waals surface area contributed by atoms with Crippen LogP contribution in [-0.2, 0) is 5.41 Å². The van der Waals surface area contributed by atoms with E-state index in [4.69, 9.17) is 4.74 Å². The Kier molecular flexibility index (Phi) is 5.60. The normalized spacial score (nSPS) is 24.9. The Hall–Kier alpha value is -2.76. The summed E-state index contributed by atoms with van der Waals surface area (Å²) in [5, 5.41) is 7.26. The zero-order chi connectivity index (χ0) is 20.3. The number of ether oxygens (including phenoxy) is 1. The van der Waals surface area contributed by atoms with Crippen LogP contribution in [-0.4, -0.2) is 50.3 Å². The van der Waals surface area contributed by atoms with E-state index in [1.54, 1.807) is 7.11 Å². The lowest BCUT2D eigenvalue weighted by molar-refractivity contribution is 0.404. The Morgan fingerprint density at radius 3 is 2.59 bits per heavy atom. The van der Waals surface area contributed by atoms with Gasteiger partial charge in [0.25, 0.3) is 0 Å². The average molecular weight is 394 g/mol. The van der Waals surface area contributed by atoms with Gasteiger partial charge in [0.2, 0.25) is 0 Å². The van der Waals surface area contributed by atoms with Crippen molar-refractivity contribution < 1.29 is 4.74 Å². The summed E-state index contributed by atoms with van der Waals surface area (Å²) < 4.78 is 5.58. The van der Waals surface area contributed by atoms with Crippen LogP contribution >= 0.6 is 0 Å². The molecule has 2 aliphatic rings. The predicted octanol–water partition coefficient (Wildman–Crippen LogP) is 2.95. The first-order valence-corrected chi connectivity index (χ1v) is 10.4. The van der Waals surface area contributed by atoms with Crippen LogP contribution in [0.2, 0.25) is 0 Å². The molecule has 6 nitrogen and oxygen atoms in total. The van der Waals surface area contributed by atoms with E-state index in [9.17, 15) is 0 Å². The largest absolute Gasteiger partial charge is 0.496 e. The molecule has 2 unspecified atom stereocenters. The van der Waals surface area contributed by atoms with Gasteiger partial charge in [-0.05, 0) is 37.5 Å². The van der Waals surface area contributed by atoms with Gasteiger partial charge in [-0.15, -0.1) is 0 Å². The number of piperidine rings is 1. The van der Waals surface area contributed by atoms with Crippen molar-refractivity contribution in [1.29, 1.82) is 0 Å². The minimum absolute atomic E-state index is 0.0760. The van der Waals surface area contributed by atoms with Crippen molar-refractivity contribution in [2.75, 3.05) is 32.1 Å². The Bertz CT molecular complexity index is 847. The molecule has 1 saturated carbocycles. The van der Waals surface area contributed by atoms with Gasteiger partial charge >= 0.3 is 0 Å². The highest BCUT2D eigenvalue weighted by Gasteiger charge is 2.53. The molecule has 1 aromatic heterocycles. The summed E-state index contributed by atoms with van der Waals surface area (Å²) in [6.07, 6.45) is 5.09. The molecule has 1 aliphatic carbocycles. The van der Waals surface area contributed by atoms with Gasteiger partial charge in [0.1, 0.15) is 11.6 Å². The molecule has 0 radical (unpaired) electrons. The van der Waals surface area contributed by atoms with Crippen molar-refractivity contribution in [1.82, 2.24) is 15.6 Å². The number of aromatic nitrogens is 1. The minimum atomic E-state index is 0.0760. The fourth-order valence-corrected chi connectivity index (χ4v) is 4.31. The van der Waals surface area contributed by atoms with E-state index in [1.807, 2.05) is 37.5 Å². The van der Waals surface area contributed by atoms with Crippen molar-refractivity contribution in [2.45, 2.75) is 43.7 Å². The van der Waals surface area contributed by atoms with Crippen LogP contribution in [0.1, 0.15) is 31.7 Å². The van der Waals surface area contributed by atoms with Crippen LogP contribution in [0.15, 0.2) is 53.7 Å². The van der Waals surface area contributed by atoms with E-state index < -0.39 is 0 Å². The SMILES string of the molecule is CN=C(NC1CCN(c2ccccn2)CC1)NC1CC1(C)c1ccccc1OC. The Labute approximate surface area is 173 Å². The van der Waals surface area contributed by atoms with Crippen molar-refractivity contribution in [3.63, 3.8) is 0 Å². The molecule has 2 fully saturated rings. The maximum atomic E-state index is 5.58. The van der Waals surface area contributed by atoms with E-state index in [2.05, 4.69) is 50.6 Å². The maximum absolute atomic E-state index is 5.58. The zero-order valence-electron chi connectivity index (χ0n) is 17.6. The number of pyridine rings is 1. The maximum Gasteiger partial charge on any atom is 0.191 e. The lowest BCUT2D eigenvalue weighted by atomic mass is 9.96. The third kappa shape index (κ3) is 4.16. The minimum Gasteiger partial charge on any atom is -0.496 e. The van der Waals surface area contributed by atoms with Crippen LogP contribution in [0, 0.1) is 0 Å².